The van der Waals surface area contributed by atoms with E-state index in [1.165, 1.54) is 0 Å². The fourth-order valence-corrected chi connectivity index (χ4v) is 2.27. The fraction of sp³-hybridized carbons (Fsp3) is 0.222. The monoisotopic (exact) mass is 308 g/mol. The average molecular weight is 308 g/mol. The van der Waals surface area contributed by atoms with Crippen LogP contribution in [0.1, 0.15) is 31.1 Å². The highest BCUT2D eigenvalue weighted by molar-refractivity contribution is 6.04. The molecule has 23 heavy (non-hydrogen) atoms. The number of hydrogen-bond donors (Lipinski definition) is 1. The van der Waals surface area contributed by atoms with Crippen molar-refractivity contribution in [2.24, 2.45) is 0 Å². The number of nitrogens with zero attached hydrogens (tertiary/aromatic N) is 3. The maximum absolute atomic E-state index is 12.4. The van der Waals surface area contributed by atoms with E-state index in [0.29, 0.717) is 11.3 Å². The molecular formula is C18H20N4O. The molecule has 3 rings (SSSR count). The molecule has 0 saturated heterocycles. The van der Waals surface area contributed by atoms with Crippen LogP contribution in [0.25, 0.3) is 5.69 Å². The molecule has 0 aliphatic heterocycles. The molecule has 0 aliphatic carbocycles. The lowest BCUT2D eigenvalue weighted by Crippen LogP contribution is -2.22. The predicted molar refractivity (Wildman–Crippen MR) is 90.9 cm³/mol. The van der Waals surface area contributed by atoms with Gasteiger partial charge in [0.05, 0.1) is 17.4 Å². The van der Waals surface area contributed by atoms with Crippen molar-refractivity contribution in [3.63, 3.8) is 0 Å². The minimum absolute atomic E-state index is 0.114. The van der Waals surface area contributed by atoms with Crippen LogP contribution in [-0.4, -0.2) is 20.3 Å². The summed E-state index contributed by atoms with van der Waals surface area (Å²) in [4.78, 5) is 12.4. The summed E-state index contributed by atoms with van der Waals surface area (Å²) in [6.45, 7) is 6.18. The smallest absolute Gasteiger partial charge is 0.255 e. The largest absolute Gasteiger partial charge is 0.324 e. The SMILES string of the molecule is CC(C)(C)n1cc(NC(=O)c2cccc(-n3cccc3)c2)cn1. The predicted octanol–water partition coefficient (Wildman–Crippen LogP) is 3.68. The Bertz CT molecular complexity index is 810. The second kappa shape index (κ2) is 5.76. The third kappa shape index (κ3) is 3.34. The summed E-state index contributed by atoms with van der Waals surface area (Å²) in [5.41, 5.74) is 2.14. The van der Waals surface area contributed by atoms with Crippen molar-refractivity contribution in [2.75, 3.05) is 5.32 Å². The molecule has 0 fully saturated rings. The van der Waals surface area contributed by atoms with E-state index in [2.05, 4.69) is 31.2 Å². The Balaban J connectivity index is 1.79. The van der Waals surface area contributed by atoms with Gasteiger partial charge >= 0.3 is 0 Å². The van der Waals surface area contributed by atoms with E-state index in [9.17, 15) is 4.79 Å². The van der Waals surface area contributed by atoms with E-state index < -0.39 is 0 Å². The Kier molecular flexibility index (Phi) is 3.78. The van der Waals surface area contributed by atoms with Gasteiger partial charge in [-0.25, -0.2) is 0 Å². The van der Waals surface area contributed by atoms with Crippen LogP contribution in [0.4, 0.5) is 5.69 Å². The van der Waals surface area contributed by atoms with Crippen molar-refractivity contribution in [3.05, 3.63) is 66.7 Å². The number of aromatic nitrogens is 3. The number of amides is 1. The maximum atomic E-state index is 12.4. The molecular weight excluding hydrogens is 288 g/mol. The lowest BCUT2D eigenvalue weighted by Gasteiger charge is -2.18. The quantitative estimate of drug-likeness (QED) is 0.802. The highest BCUT2D eigenvalue weighted by atomic mass is 16.1. The molecule has 3 aromatic rings. The van der Waals surface area contributed by atoms with Gasteiger partial charge in [-0.2, -0.15) is 5.10 Å². The van der Waals surface area contributed by atoms with Crippen LogP contribution >= 0.6 is 0 Å². The minimum Gasteiger partial charge on any atom is -0.324 e. The number of benzene rings is 1. The molecule has 1 aromatic carbocycles. The van der Waals surface area contributed by atoms with E-state index in [1.54, 1.807) is 12.3 Å². The van der Waals surface area contributed by atoms with Crippen molar-refractivity contribution in [1.82, 2.24) is 14.3 Å². The Labute approximate surface area is 135 Å². The van der Waals surface area contributed by atoms with Gasteiger partial charge in [0.15, 0.2) is 0 Å². The number of anilines is 1. The first-order chi connectivity index (χ1) is 10.9. The number of carbonyl (C=O) groups excluding carboxylic acids is 1. The summed E-state index contributed by atoms with van der Waals surface area (Å²) in [6, 6.07) is 11.4. The number of rotatable bonds is 3. The van der Waals surface area contributed by atoms with E-state index in [-0.39, 0.29) is 11.4 Å². The van der Waals surface area contributed by atoms with Crippen molar-refractivity contribution < 1.29 is 4.79 Å². The normalized spacial score (nSPS) is 11.4. The van der Waals surface area contributed by atoms with Gasteiger partial charge in [0, 0.05) is 29.8 Å². The standard InChI is InChI=1S/C18H20N4O/c1-18(2,3)22-13-15(12-19-22)20-17(23)14-7-6-8-16(11-14)21-9-4-5-10-21/h4-13H,1-3H3,(H,20,23). The van der Waals surface area contributed by atoms with Crippen molar-refractivity contribution >= 4 is 11.6 Å². The van der Waals surface area contributed by atoms with Crippen LogP contribution in [0.5, 0.6) is 0 Å². The van der Waals surface area contributed by atoms with Crippen LogP contribution in [-0.2, 0) is 5.54 Å². The molecule has 0 unspecified atom stereocenters. The molecule has 5 heteroatoms. The molecule has 118 valence electrons. The molecule has 2 heterocycles. The Morgan fingerprint density at radius 2 is 1.87 bits per heavy atom. The molecule has 1 N–H and O–H groups in total. The van der Waals surface area contributed by atoms with E-state index in [4.69, 9.17) is 0 Å². The zero-order chi connectivity index (χ0) is 16.4. The van der Waals surface area contributed by atoms with E-state index >= 15 is 0 Å². The van der Waals surface area contributed by atoms with Gasteiger partial charge in [-0.1, -0.05) is 6.07 Å². The molecule has 1 amide bonds. The van der Waals surface area contributed by atoms with Gasteiger partial charge in [0.25, 0.3) is 5.91 Å². The Morgan fingerprint density at radius 3 is 2.52 bits per heavy atom. The minimum atomic E-state index is -0.146. The van der Waals surface area contributed by atoms with Crippen LogP contribution in [0.2, 0.25) is 0 Å². The molecule has 0 bridgehead atoms. The Hall–Kier alpha value is -2.82. The third-order valence-corrected chi connectivity index (χ3v) is 3.54. The van der Waals surface area contributed by atoms with Gasteiger partial charge in [-0.05, 0) is 51.1 Å². The van der Waals surface area contributed by atoms with Gasteiger partial charge in [0.2, 0.25) is 0 Å². The van der Waals surface area contributed by atoms with Crippen molar-refractivity contribution in [2.45, 2.75) is 26.3 Å². The first-order valence-electron chi connectivity index (χ1n) is 7.53. The Morgan fingerprint density at radius 1 is 1.13 bits per heavy atom. The molecule has 5 nitrogen and oxygen atoms in total. The maximum Gasteiger partial charge on any atom is 0.255 e. The summed E-state index contributed by atoms with van der Waals surface area (Å²) in [5.74, 6) is -0.146. The third-order valence-electron chi connectivity index (χ3n) is 3.54. The first-order valence-corrected chi connectivity index (χ1v) is 7.53. The van der Waals surface area contributed by atoms with Crippen LogP contribution < -0.4 is 5.32 Å². The van der Waals surface area contributed by atoms with Gasteiger partial charge in [-0.15, -0.1) is 0 Å². The molecule has 0 atom stereocenters. The summed E-state index contributed by atoms with van der Waals surface area (Å²) in [7, 11) is 0. The van der Waals surface area contributed by atoms with Gasteiger partial charge < -0.3 is 9.88 Å². The number of carbonyl (C=O) groups is 1. The summed E-state index contributed by atoms with van der Waals surface area (Å²) in [6.07, 6.45) is 7.40. The number of nitrogens with one attached hydrogen (secondary N) is 1. The van der Waals surface area contributed by atoms with Gasteiger partial charge in [-0.3, -0.25) is 9.48 Å². The molecule has 0 spiro atoms. The first kappa shape index (κ1) is 15.1. The number of hydrogen-bond acceptors (Lipinski definition) is 2. The highest BCUT2D eigenvalue weighted by Gasteiger charge is 2.15. The van der Waals surface area contributed by atoms with Gasteiger partial charge in [0.1, 0.15) is 0 Å². The lowest BCUT2D eigenvalue weighted by atomic mass is 10.1. The molecule has 2 aromatic heterocycles. The zero-order valence-electron chi connectivity index (χ0n) is 13.5. The highest BCUT2D eigenvalue weighted by Crippen LogP contribution is 2.17. The van der Waals surface area contributed by atoms with Crippen LogP contribution in [0.3, 0.4) is 0 Å². The van der Waals surface area contributed by atoms with Crippen molar-refractivity contribution in [1.29, 1.82) is 0 Å². The summed E-state index contributed by atoms with van der Waals surface area (Å²) < 4.78 is 3.80. The molecule has 0 radical (unpaired) electrons. The summed E-state index contributed by atoms with van der Waals surface area (Å²) >= 11 is 0. The fourth-order valence-electron chi connectivity index (χ4n) is 2.27. The second-order valence-electron chi connectivity index (χ2n) is 6.44. The topological polar surface area (TPSA) is 51.9 Å². The van der Waals surface area contributed by atoms with E-state index in [0.717, 1.165) is 5.69 Å². The molecule has 0 aliphatic rings. The average Bonchev–Trinajstić information content (AvgIpc) is 3.18. The van der Waals surface area contributed by atoms with Crippen LogP contribution in [0.15, 0.2) is 61.2 Å². The lowest BCUT2D eigenvalue weighted by molar-refractivity contribution is 0.102. The second-order valence-corrected chi connectivity index (χ2v) is 6.44. The molecule has 0 saturated carbocycles. The zero-order valence-corrected chi connectivity index (χ0v) is 13.5. The van der Waals surface area contributed by atoms with E-state index in [1.807, 2.05) is 58.2 Å². The van der Waals surface area contributed by atoms with Crippen LogP contribution in [0, 0.1) is 0 Å². The van der Waals surface area contributed by atoms with Crippen molar-refractivity contribution in [3.8, 4) is 5.69 Å². The summed E-state index contributed by atoms with van der Waals surface area (Å²) in [5, 5.41) is 7.18.